The molecule has 0 bridgehead atoms. The molecule has 0 aliphatic rings. The number of nitrogens with one attached hydrogen (secondary N) is 2. The van der Waals surface area contributed by atoms with Gasteiger partial charge in [0.1, 0.15) is 0 Å². The van der Waals surface area contributed by atoms with Gasteiger partial charge in [0.05, 0.1) is 16.5 Å². The number of aromatic nitrogens is 2. The van der Waals surface area contributed by atoms with Crippen LogP contribution in [0.3, 0.4) is 0 Å². The van der Waals surface area contributed by atoms with E-state index in [1.54, 1.807) is 0 Å². The second-order valence-electron chi connectivity index (χ2n) is 4.68. The Labute approximate surface area is 142 Å². The minimum atomic E-state index is -0.112. The highest BCUT2D eigenvalue weighted by atomic mass is 35.5. The lowest BCUT2D eigenvalue weighted by atomic mass is 10.1. The van der Waals surface area contributed by atoms with E-state index in [1.165, 1.54) is 23.1 Å². The summed E-state index contributed by atoms with van der Waals surface area (Å²) in [5.41, 5.74) is 2.69. The van der Waals surface area contributed by atoms with Gasteiger partial charge in [0, 0.05) is 6.54 Å². The van der Waals surface area contributed by atoms with Crippen LogP contribution in [0.1, 0.15) is 18.1 Å². The van der Waals surface area contributed by atoms with Gasteiger partial charge in [-0.25, -0.2) is 0 Å². The molecular formula is C14H17ClN4OS2. The third kappa shape index (κ3) is 4.59. The van der Waals surface area contributed by atoms with Gasteiger partial charge < -0.3 is 10.6 Å². The van der Waals surface area contributed by atoms with Crippen molar-refractivity contribution >= 4 is 51.4 Å². The second-order valence-corrected chi connectivity index (χ2v) is 7.29. The lowest BCUT2D eigenvalue weighted by Gasteiger charge is -2.11. The van der Waals surface area contributed by atoms with E-state index in [-0.39, 0.29) is 11.7 Å². The predicted molar refractivity (Wildman–Crippen MR) is 94.4 cm³/mol. The molecule has 0 aliphatic carbocycles. The largest absolute Gasteiger partial charge is 0.360 e. The molecule has 2 aromatic rings. The molecule has 5 nitrogen and oxygen atoms in total. The van der Waals surface area contributed by atoms with Crippen molar-refractivity contribution in [3.05, 3.63) is 28.3 Å². The van der Waals surface area contributed by atoms with Crippen LogP contribution in [0, 0.1) is 13.8 Å². The molecule has 0 saturated carbocycles. The fourth-order valence-corrected chi connectivity index (χ4v) is 3.86. The summed E-state index contributed by atoms with van der Waals surface area (Å²) in [6.07, 6.45) is 0. The van der Waals surface area contributed by atoms with Crippen molar-refractivity contribution in [1.82, 2.24) is 10.2 Å². The zero-order valence-electron chi connectivity index (χ0n) is 12.6. The monoisotopic (exact) mass is 356 g/mol. The molecule has 0 spiro atoms. The van der Waals surface area contributed by atoms with E-state index in [2.05, 4.69) is 20.8 Å². The number of carbonyl (C=O) groups excluding carboxylic acids is 1. The van der Waals surface area contributed by atoms with Crippen LogP contribution in [0.4, 0.5) is 10.8 Å². The Morgan fingerprint density at radius 1 is 1.36 bits per heavy atom. The summed E-state index contributed by atoms with van der Waals surface area (Å²) in [6, 6.07) is 3.83. The fourth-order valence-electron chi connectivity index (χ4n) is 1.87. The van der Waals surface area contributed by atoms with Gasteiger partial charge in [-0.15, -0.1) is 10.2 Å². The van der Waals surface area contributed by atoms with E-state index in [1.807, 2.05) is 32.9 Å². The molecule has 0 fully saturated rings. The molecule has 0 unspecified atom stereocenters. The summed E-state index contributed by atoms with van der Waals surface area (Å²) in [5, 5.41) is 15.3. The molecule has 2 N–H and O–H groups in total. The Bertz CT molecular complexity index is 652. The standard InChI is InChI=1S/C14H17ClN4OS2/c1-4-16-13-18-19-14(22-13)21-7-11(20)17-12-9(3)5-8(2)6-10(12)15/h5-6H,4,7H2,1-3H3,(H,16,18)(H,17,20). The van der Waals surface area contributed by atoms with Gasteiger partial charge in [0.15, 0.2) is 4.34 Å². The summed E-state index contributed by atoms with van der Waals surface area (Å²) >= 11 is 8.98. The van der Waals surface area contributed by atoms with Gasteiger partial charge >= 0.3 is 0 Å². The third-order valence-electron chi connectivity index (χ3n) is 2.76. The van der Waals surface area contributed by atoms with Crippen molar-refractivity contribution < 1.29 is 4.79 Å². The summed E-state index contributed by atoms with van der Waals surface area (Å²) in [6.45, 7) is 6.69. The molecule has 0 radical (unpaired) electrons. The van der Waals surface area contributed by atoms with Crippen LogP contribution in [0.5, 0.6) is 0 Å². The molecule has 1 amide bonds. The van der Waals surface area contributed by atoms with Crippen molar-refractivity contribution in [2.45, 2.75) is 25.1 Å². The molecule has 22 heavy (non-hydrogen) atoms. The smallest absolute Gasteiger partial charge is 0.234 e. The number of hydrogen-bond acceptors (Lipinski definition) is 6. The summed E-state index contributed by atoms with van der Waals surface area (Å²) in [5.74, 6) is 0.156. The molecule has 1 aromatic carbocycles. The number of thioether (sulfide) groups is 1. The number of nitrogens with zero attached hydrogens (tertiary/aromatic N) is 2. The zero-order valence-corrected chi connectivity index (χ0v) is 15.0. The fraction of sp³-hybridized carbons (Fsp3) is 0.357. The van der Waals surface area contributed by atoms with Crippen LogP contribution < -0.4 is 10.6 Å². The molecule has 118 valence electrons. The highest BCUT2D eigenvalue weighted by Gasteiger charge is 2.11. The second kappa shape index (κ2) is 7.80. The maximum atomic E-state index is 12.1. The molecule has 0 aliphatic heterocycles. The number of halogens is 1. The van der Waals surface area contributed by atoms with Gasteiger partial charge in [0.2, 0.25) is 11.0 Å². The SMILES string of the molecule is CCNc1nnc(SCC(=O)Nc2c(C)cc(C)cc2Cl)s1. The van der Waals surface area contributed by atoms with Gasteiger partial charge in [-0.1, -0.05) is 40.8 Å². The first kappa shape index (κ1) is 17.1. The van der Waals surface area contributed by atoms with E-state index < -0.39 is 0 Å². The Morgan fingerprint density at radius 2 is 2.14 bits per heavy atom. The number of benzene rings is 1. The van der Waals surface area contributed by atoms with E-state index >= 15 is 0 Å². The number of anilines is 2. The molecule has 0 atom stereocenters. The first-order valence-electron chi connectivity index (χ1n) is 6.76. The lowest BCUT2D eigenvalue weighted by molar-refractivity contribution is -0.113. The number of aryl methyl sites for hydroxylation is 2. The number of hydrogen-bond donors (Lipinski definition) is 2. The summed E-state index contributed by atoms with van der Waals surface area (Å²) < 4.78 is 0.762. The third-order valence-corrected chi connectivity index (χ3v) is 5.07. The van der Waals surface area contributed by atoms with Crippen LogP contribution in [0.15, 0.2) is 16.5 Å². The van der Waals surface area contributed by atoms with Gasteiger partial charge in [-0.05, 0) is 38.0 Å². The lowest BCUT2D eigenvalue weighted by Crippen LogP contribution is -2.15. The molecular weight excluding hydrogens is 340 g/mol. The highest BCUT2D eigenvalue weighted by Crippen LogP contribution is 2.29. The average Bonchev–Trinajstić information content (AvgIpc) is 2.89. The first-order chi connectivity index (χ1) is 10.5. The van der Waals surface area contributed by atoms with Crippen molar-refractivity contribution in [3.63, 3.8) is 0 Å². The van der Waals surface area contributed by atoms with Crippen molar-refractivity contribution in [2.75, 3.05) is 22.9 Å². The van der Waals surface area contributed by atoms with E-state index in [0.717, 1.165) is 27.1 Å². The van der Waals surface area contributed by atoms with Crippen LogP contribution in [0.25, 0.3) is 0 Å². The van der Waals surface area contributed by atoms with Crippen molar-refractivity contribution in [1.29, 1.82) is 0 Å². The molecule has 8 heteroatoms. The van der Waals surface area contributed by atoms with Gasteiger partial charge in [0.25, 0.3) is 0 Å². The van der Waals surface area contributed by atoms with Crippen LogP contribution in [0.2, 0.25) is 5.02 Å². The number of rotatable bonds is 6. The van der Waals surface area contributed by atoms with Crippen molar-refractivity contribution in [2.24, 2.45) is 0 Å². The average molecular weight is 357 g/mol. The zero-order chi connectivity index (χ0) is 16.1. The molecule has 1 aromatic heterocycles. The van der Waals surface area contributed by atoms with E-state index in [9.17, 15) is 4.79 Å². The topological polar surface area (TPSA) is 66.9 Å². The minimum absolute atomic E-state index is 0.112. The maximum Gasteiger partial charge on any atom is 0.234 e. The Balaban J connectivity index is 1.93. The van der Waals surface area contributed by atoms with Crippen LogP contribution >= 0.6 is 34.7 Å². The van der Waals surface area contributed by atoms with Gasteiger partial charge in [-0.2, -0.15) is 0 Å². The van der Waals surface area contributed by atoms with Crippen molar-refractivity contribution in [3.8, 4) is 0 Å². The van der Waals surface area contributed by atoms with E-state index in [4.69, 9.17) is 11.6 Å². The Kier molecular flexibility index (Phi) is 6.05. The highest BCUT2D eigenvalue weighted by molar-refractivity contribution is 8.01. The van der Waals surface area contributed by atoms with Gasteiger partial charge in [-0.3, -0.25) is 4.79 Å². The number of carbonyl (C=O) groups is 1. The summed E-state index contributed by atoms with van der Waals surface area (Å²) in [4.78, 5) is 12.1. The minimum Gasteiger partial charge on any atom is -0.360 e. The maximum absolute atomic E-state index is 12.1. The number of amides is 1. The normalized spacial score (nSPS) is 10.5. The molecule has 1 heterocycles. The Morgan fingerprint density at radius 3 is 2.82 bits per heavy atom. The van der Waals surface area contributed by atoms with Crippen LogP contribution in [-0.2, 0) is 4.79 Å². The predicted octanol–water partition coefficient (Wildman–Crippen LogP) is 3.97. The molecule has 2 rings (SSSR count). The van der Waals surface area contributed by atoms with E-state index in [0.29, 0.717) is 10.7 Å². The first-order valence-corrected chi connectivity index (χ1v) is 8.94. The molecule has 0 saturated heterocycles. The quantitative estimate of drug-likeness (QED) is 0.766. The Hall–Kier alpha value is -1.31. The summed E-state index contributed by atoms with van der Waals surface area (Å²) in [7, 11) is 0. The van der Waals surface area contributed by atoms with Crippen LogP contribution in [-0.4, -0.2) is 28.4 Å².